The molecule has 0 unspecified atom stereocenters. The van der Waals surface area contributed by atoms with Crippen LogP contribution in [0.3, 0.4) is 0 Å². The van der Waals surface area contributed by atoms with E-state index >= 15 is 0 Å². The lowest BCUT2D eigenvalue weighted by Gasteiger charge is -2.31. The fourth-order valence-electron chi connectivity index (χ4n) is 3.72. The maximum atomic E-state index is 12.7. The van der Waals surface area contributed by atoms with Gasteiger partial charge in [0.2, 0.25) is 11.8 Å². The topological polar surface area (TPSA) is 49.4 Å². The summed E-state index contributed by atoms with van der Waals surface area (Å²) in [7, 11) is 0. The van der Waals surface area contributed by atoms with Gasteiger partial charge in [0.25, 0.3) is 0 Å². The van der Waals surface area contributed by atoms with E-state index in [9.17, 15) is 9.59 Å². The third-order valence-electron chi connectivity index (χ3n) is 5.49. The first-order valence-electron chi connectivity index (χ1n) is 8.96. The van der Waals surface area contributed by atoms with Crippen molar-refractivity contribution in [3.8, 4) is 0 Å². The minimum absolute atomic E-state index is 0.0811. The molecule has 1 N–H and O–H groups in total. The minimum atomic E-state index is 0.0811. The molecule has 0 bridgehead atoms. The molecule has 4 nitrogen and oxygen atoms in total. The molecule has 4 rings (SSSR count). The van der Waals surface area contributed by atoms with Crippen LogP contribution in [0.2, 0.25) is 5.02 Å². The number of piperidine rings is 1. The molecule has 24 heavy (non-hydrogen) atoms. The van der Waals surface area contributed by atoms with E-state index in [0.29, 0.717) is 25.0 Å². The summed E-state index contributed by atoms with van der Waals surface area (Å²) < 4.78 is 0. The zero-order valence-electron chi connectivity index (χ0n) is 13.7. The van der Waals surface area contributed by atoms with Crippen molar-refractivity contribution in [1.29, 1.82) is 0 Å². The molecule has 2 amide bonds. The highest BCUT2D eigenvalue weighted by Crippen LogP contribution is 2.49. The Morgan fingerprint density at radius 3 is 2.54 bits per heavy atom. The highest BCUT2D eigenvalue weighted by molar-refractivity contribution is 6.30. The van der Waals surface area contributed by atoms with Crippen molar-refractivity contribution < 1.29 is 9.59 Å². The minimum Gasteiger partial charge on any atom is -0.353 e. The molecule has 5 heteroatoms. The molecule has 2 atom stereocenters. The van der Waals surface area contributed by atoms with E-state index in [4.69, 9.17) is 11.6 Å². The number of carbonyl (C=O) groups is 2. The molecule has 1 saturated heterocycles. The van der Waals surface area contributed by atoms with E-state index in [1.807, 2.05) is 23.1 Å². The summed E-state index contributed by atoms with van der Waals surface area (Å²) in [6.07, 6.45) is 4.74. The van der Waals surface area contributed by atoms with Gasteiger partial charge in [0.1, 0.15) is 0 Å². The normalized spacial score (nSPS) is 27.0. The van der Waals surface area contributed by atoms with Gasteiger partial charge in [0.05, 0.1) is 0 Å². The van der Waals surface area contributed by atoms with Gasteiger partial charge in [-0.25, -0.2) is 0 Å². The van der Waals surface area contributed by atoms with Crippen LogP contribution in [0, 0.1) is 11.8 Å². The van der Waals surface area contributed by atoms with Crippen LogP contribution < -0.4 is 5.32 Å². The van der Waals surface area contributed by atoms with Crippen molar-refractivity contribution in [2.24, 2.45) is 11.8 Å². The van der Waals surface area contributed by atoms with Gasteiger partial charge in [-0.3, -0.25) is 9.59 Å². The quantitative estimate of drug-likeness (QED) is 0.911. The van der Waals surface area contributed by atoms with Gasteiger partial charge in [-0.05, 0) is 55.7 Å². The Kier molecular flexibility index (Phi) is 4.25. The molecular weight excluding hydrogens is 324 g/mol. The Hall–Kier alpha value is -1.55. The number of hydrogen-bond donors (Lipinski definition) is 1. The molecule has 0 radical (unpaired) electrons. The zero-order chi connectivity index (χ0) is 16.7. The van der Waals surface area contributed by atoms with Gasteiger partial charge >= 0.3 is 0 Å². The van der Waals surface area contributed by atoms with Gasteiger partial charge in [-0.2, -0.15) is 0 Å². The van der Waals surface area contributed by atoms with Crippen LogP contribution >= 0.6 is 11.6 Å². The summed E-state index contributed by atoms with van der Waals surface area (Å²) >= 11 is 6.05. The van der Waals surface area contributed by atoms with Gasteiger partial charge in [-0.15, -0.1) is 0 Å². The van der Waals surface area contributed by atoms with Crippen molar-refractivity contribution in [1.82, 2.24) is 10.2 Å². The van der Waals surface area contributed by atoms with Gasteiger partial charge in [0.15, 0.2) is 0 Å². The first kappa shape index (κ1) is 15.9. The average Bonchev–Trinajstić information content (AvgIpc) is 3.49. The van der Waals surface area contributed by atoms with Crippen LogP contribution in [0.15, 0.2) is 24.3 Å². The van der Waals surface area contributed by atoms with Crippen LogP contribution in [-0.2, 0) is 9.59 Å². The Balaban J connectivity index is 1.28. The Morgan fingerprint density at radius 1 is 1.12 bits per heavy atom. The van der Waals surface area contributed by atoms with E-state index in [0.717, 1.165) is 37.1 Å². The standard InChI is InChI=1S/C19H23ClN2O2/c20-14-3-1-2-13(10-14)16-11-17(16)19(24)22-8-6-12(7-9-22)18(23)21-15-4-5-15/h1-3,10,12,15-17H,4-9,11H2,(H,21,23)/t16-,17+/m1/s1. The molecule has 1 aromatic rings. The number of amides is 2. The highest BCUT2D eigenvalue weighted by Gasteiger charge is 2.46. The first-order chi connectivity index (χ1) is 11.6. The molecule has 1 aromatic carbocycles. The van der Waals surface area contributed by atoms with E-state index in [1.54, 1.807) is 0 Å². The first-order valence-corrected chi connectivity index (χ1v) is 9.34. The van der Waals surface area contributed by atoms with Crippen molar-refractivity contribution in [3.63, 3.8) is 0 Å². The zero-order valence-corrected chi connectivity index (χ0v) is 14.5. The lowest BCUT2D eigenvalue weighted by atomic mass is 9.95. The van der Waals surface area contributed by atoms with Crippen LogP contribution in [0.1, 0.15) is 43.6 Å². The number of rotatable bonds is 4. The molecule has 3 aliphatic rings. The number of carbonyl (C=O) groups excluding carboxylic acids is 2. The monoisotopic (exact) mass is 346 g/mol. The summed E-state index contributed by atoms with van der Waals surface area (Å²) in [5.41, 5.74) is 1.17. The van der Waals surface area contributed by atoms with Crippen LogP contribution in [0.5, 0.6) is 0 Å². The maximum Gasteiger partial charge on any atom is 0.226 e. The molecule has 3 fully saturated rings. The number of benzene rings is 1. The Labute approximate surface area is 147 Å². The van der Waals surface area contributed by atoms with E-state index in [2.05, 4.69) is 11.4 Å². The fourth-order valence-corrected chi connectivity index (χ4v) is 3.92. The Bertz CT molecular complexity index is 651. The fraction of sp³-hybridized carbons (Fsp3) is 0.579. The summed E-state index contributed by atoms with van der Waals surface area (Å²) in [4.78, 5) is 26.8. The number of likely N-dealkylation sites (tertiary alicyclic amines) is 1. The van der Waals surface area contributed by atoms with E-state index in [-0.39, 0.29) is 23.7 Å². The largest absolute Gasteiger partial charge is 0.353 e. The van der Waals surface area contributed by atoms with Crippen LogP contribution in [0.4, 0.5) is 0 Å². The summed E-state index contributed by atoms with van der Waals surface area (Å²) in [6, 6.07) is 8.25. The molecular formula is C19H23ClN2O2. The molecule has 128 valence electrons. The molecule has 0 aromatic heterocycles. The number of nitrogens with one attached hydrogen (secondary N) is 1. The molecule has 0 spiro atoms. The predicted octanol–water partition coefficient (Wildman–Crippen LogP) is 2.96. The smallest absolute Gasteiger partial charge is 0.226 e. The summed E-state index contributed by atoms with van der Waals surface area (Å²) in [5.74, 6) is 0.929. The van der Waals surface area contributed by atoms with Crippen molar-refractivity contribution in [3.05, 3.63) is 34.9 Å². The average molecular weight is 347 g/mol. The third kappa shape index (κ3) is 3.44. The number of nitrogens with zero attached hydrogens (tertiary/aromatic N) is 1. The molecule has 2 saturated carbocycles. The lowest BCUT2D eigenvalue weighted by molar-refractivity contribution is -0.136. The third-order valence-corrected chi connectivity index (χ3v) is 5.72. The second-order valence-electron chi connectivity index (χ2n) is 7.39. The predicted molar refractivity (Wildman–Crippen MR) is 92.8 cm³/mol. The van der Waals surface area contributed by atoms with Crippen LogP contribution in [-0.4, -0.2) is 35.8 Å². The van der Waals surface area contributed by atoms with Crippen molar-refractivity contribution in [2.45, 2.75) is 44.1 Å². The lowest BCUT2D eigenvalue weighted by Crippen LogP contribution is -2.44. The maximum absolute atomic E-state index is 12.7. The van der Waals surface area contributed by atoms with E-state index in [1.165, 1.54) is 5.56 Å². The summed E-state index contributed by atoms with van der Waals surface area (Å²) in [6.45, 7) is 1.42. The van der Waals surface area contributed by atoms with Crippen molar-refractivity contribution >= 4 is 23.4 Å². The molecule has 2 aliphatic carbocycles. The number of halogens is 1. The van der Waals surface area contributed by atoms with Crippen LogP contribution in [0.25, 0.3) is 0 Å². The second-order valence-corrected chi connectivity index (χ2v) is 7.82. The van der Waals surface area contributed by atoms with Gasteiger partial charge in [0, 0.05) is 36.0 Å². The number of hydrogen-bond acceptors (Lipinski definition) is 2. The highest BCUT2D eigenvalue weighted by atomic mass is 35.5. The Morgan fingerprint density at radius 2 is 1.88 bits per heavy atom. The summed E-state index contributed by atoms with van der Waals surface area (Å²) in [5, 5.41) is 3.81. The molecule has 1 aliphatic heterocycles. The van der Waals surface area contributed by atoms with Crippen molar-refractivity contribution in [2.75, 3.05) is 13.1 Å². The van der Waals surface area contributed by atoms with Gasteiger partial charge < -0.3 is 10.2 Å². The van der Waals surface area contributed by atoms with Gasteiger partial charge in [-0.1, -0.05) is 23.7 Å². The van der Waals surface area contributed by atoms with E-state index < -0.39 is 0 Å². The SMILES string of the molecule is O=C(NC1CC1)C1CCN(C(=O)[C@H]2C[C@@H]2c2cccc(Cl)c2)CC1. The second kappa shape index (κ2) is 6.40. The molecule has 1 heterocycles.